The monoisotopic (exact) mass is 223 g/mol. The number of ether oxygens (including phenoxy) is 1. The van der Waals surface area contributed by atoms with Crippen LogP contribution in [0.1, 0.15) is 10.4 Å². The number of ketones is 1. The summed E-state index contributed by atoms with van der Waals surface area (Å²) >= 11 is 0. The van der Waals surface area contributed by atoms with E-state index in [9.17, 15) is 9.18 Å². The van der Waals surface area contributed by atoms with Crippen molar-refractivity contribution in [1.82, 2.24) is 5.32 Å². The Kier molecular flexibility index (Phi) is 3.31. The van der Waals surface area contributed by atoms with Crippen LogP contribution in [0.25, 0.3) is 0 Å². The number of halogens is 1. The molecule has 1 aromatic carbocycles. The van der Waals surface area contributed by atoms with Crippen LogP contribution in [0.4, 0.5) is 4.39 Å². The van der Waals surface area contributed by atoms with Gasteiger partial charge in [-0.1, -0.05) is 12.1 Å². The molecule has 1 fully saturated rings. The topological polar surface area (TPSA) is 38.3 Å². The van der Waals surface area contributed by atoms with Gasteiger partial charge in [0.25, 0.3) is 0 Å². The van der Waals surface area contributed by atoms with Gasteiger partial charge >= 0.3 is 0 Å². The molecule has 0 radical (unpaired) electrons. The number of likely N-dealkylation sites (N-methyl/N-ethyl adjacent to an activating group) is 1. The molecule has 2 rings (SSSR count). The molecule has 0 aromatic heterocycles. The SMILES string of the molecule is CNC1COCC1C(=O)c1cccc(F)c1. The Labute approximate surface area is 93.6 Å². The molecule has 3 nitrogen and oxygen atoms in total. The zero-order valence-electron chi connectivity index (χ0n) is 9.07. The summed E-state index contributed by atoms with van der Waals surface area (Å²) in [6.45, 7) is 0.934. The van der Waals surface area contributed by atoms with Gasteiger partial charge in [0.15, 0.2) is 5.78 Å². The van der Waals surface area contributed by atoms with Gasteiger partial charge in [0.2, 0.25) is 0 Å². The Hall–Kier alpha value is -1.26. The lowest BCUT2D eigenvalue weighted by atomic mass is 9.93. The first-order chi connectivity index (χ1) is 7.72. The maximum absolute atomic E-state index is 13.0. The van der Waals surface area contributed by atoms with Crippen molar-refractivity contribution < 1.29 is 13.9 Å². The second kappa shape index (κ2) is 4.72. The molecule has 1 heterocycles. The number of carbonyl (C=O) groups excluding carboxylic acids is 1. The van der Waals surface area contributed by atoms with Gasteiger partial charge in [0.1, 0.15) is 5.82 Å². The predicted molar refractivity (Wildman–Crippen MR) is 57.9 cm³/mol. The molecule has 1 N–H and O–H groups in total. The molecule has 4 heteroatoms. The number of hydrogen-bond acceptors (Lipinski definition) is 3. The van der Waals surface area contributed by atoms with Gasteiger partial charge in [0, 0.05) is 11.6 Å². The number of benzene rings is 1. The van der Waals surface area contributed by atoms with Crippen LogP contribution in [0.15, 0.2) is 24.3 Å². The Morgan fingerprint density at radius 1 is 1.50 bits per heavy atom. The van der Waals surface area contributed by atoms with Crippen LogP contribution >= 0.6 is 0 Å². The van der Waals surface area contributed by atoms with Gasteiger partial charge in [-0.05, 0) is 19.2 Å². The summed E-state index contributed by atoms with van der Waals surface area (Å²) in [5.41, 5.74) is 0.413. The normalized spacial score (nSPS) is 24.6. The van der Waals surface area contributed by atoms with E-state index in [0.717, 1.165) is 0 Å². The highest BCUT2D eigenvalue weighted by Gasteiger charge is 2.33. The first kappa shape index (κ1) is 11.2. The van der Waals surface area contributed by atoms with E-state index in [1.54, 1.807) is 19.2 Å². The fourth-order valence-electron chi connectivity index (χ4n) is 1.95. The molecule has 0 aliphatic carbocycles. The summed E-state index contributed by atoms with van der Waals surface area (Å²) in [5.74, 6) is -0.658. The van der Waals surface area contributed by atoms with Gasteiger partial charge in [0.05, 0.1) is 19.1 Å². The van der Waals surface area contributed by atoms with E-state index in [4.69, 9.17) is 4.74 Å². The quantitative estimate of drug-likeness (QED) is 0.783. The third-order valence-electron chi connectivity index (χ3n) is 2.90. The minimum Gasteiger partial charge on any atom is -0.379 e. The lowest BCUT2D eigenvalue weighted by Gasteiger charge is -2.15. The second-order valence-electron chi connectivity index (χ2n) is 3.91. The standard InChI is InChI=1S/C12H14FNO2/c1-14-11-7-16-6-10(11)12(15)8-3-2-4-9(13)5-8/h2-5,10-11,14H,6-7H2,1H3. The molecule has 86 valence electrons. The van der Waals surface area contributed by atoms with E-state index < -0.39 is 0 Å². The van der Waals surface area contributed by atoms with E-state index in [0.29, 0.717) is 18.8 Å². The number of Topliss-reactive ketones (excluding diaryl/α,β-unsaturated/α-hetero) is 1. The highest BCUT2D eigenvalue weighted by Crippen LogP contribution is 2.19. The molecule has 1 saturated heterocycles. The largest absolute Gasteiger partial charge is 0.379 e. The van der Waals surface area contributed by atoms with E-state index in [2.05, 4.69) is 5.32 Å². The summed E-state index contributed by atoms with van der Waals surface area (Å²) in [4.78, 5) is 12.1. The maximum Gasteiger partial charge on any atom is 0.170 e. The van der Waals surface area contributed by atoms with Gasteiger partial charge in [-0.3, -0.25) is 4.79 Å². The van der Waals surface area contributed by atoms with Crippen LogP contribution in [0.2, 0.25) is 0 Å². The van der Waals surface area contributed by atoms with Crippen LogP contribution in [-0.2, 0) is 4.74 Å². The van der Waals surface area contributed by atoms with Crippen LogP contribution < -0.4 is 5.32 Å². The number of nitrogens with one attached hydrogen (secondary N) is 1. The highest BCUT2D eigenvalue weighted by molar-refractivity contribution is 5.98. The average molecular weight is 223 g/mol. The van der Waals surface area contributed by atoms with Crippen molar-refractivity contribution in [2.45, 2.75) is 6.04 Å². The molecule has 0 spiro atoms. The maximum atomic E-state index is 13.0. The Bertz CT molecular complexity index is 394. The van der Waals surface area contributed by atoms with E-state index >= 15 is 0 Å². The fourth-order valence-corrected chi connectivity index (χ4v) is 1.95. The molecule has 1 aliphatic heterocycles. The molecule has 1 aliphatic rings. The van der Waals surface area contributed by atoms with Crippen molar-refractivity contribution in [1.29, 1.82) is 0 Å². The molecule has 2 atom stereocenters. The van der Waals surface area contributed by atoms with Gasteiger partial charge in [-0.2, -0.15) is 0 Å². The predicted octanol–water partition coefficient (Wildman–Crippen LogP) is 1.24. The number of rotatable bonds is 3. The van der Waals surface area contributed by atoms with Crippen molar-refractivity contribution in [3.63, 3.8) is 0 Å². The summed E-state index contributed by atoms with van der Waals surface area (Å²) in [6.07, 6.45) is 0. The molecule has 0 bridgehead atoms. The first-order valence-corrected chi connectivity index (χ1v) is 5.27. The second-order valence-corrected chi connectivity index (χ2v) is 3.91. The van der Waals surface area contributed by atoms with Gasteiger partial charge in [-0.25, -0.2) is 4.39 Å². The molecular weight excluding hydrogens is 209 g/mol. The summed E-state index contributed by atoms with van der Waals surface area (Å²) in [7, 11) is 1.80. The van der Waals surface area contributed by atoms with Crippen molar-refractivity contribution >= 4 is 5.78 Å². The minimum atomic E-state index is -0.384. The Balaban J connectivity index is 2.18. The van der Waals surface area contributed by atoms with Crippen molar-refractivity contribution in [3.05, 3.63) is 35.6 Å². The third-order valence-corrected chi connectivity index (χ3v) is 2.90. The molecule has 0 amide bonds. The fraction of sp³-hybridized carbons (Fsp3) is 0.417. The minimum absolute atomic E-state index is 0.0239. The summed E-state index contributed by atoms with van der Waals surface area (Å²) < 4.78 is 18.3. The van der Waals surface area contributed by atoms with Crippen molar-refractivity contribution in [2.75, 3.05) is 20.3 Å². The third kappa shape index (κ3) is 2.13. The van der Waals surface area contributed by atoms with Gasteiger partial charge < -0.3 is 10.1 Å². The number of hydrogen-bond donors (Lipinski definition) is 1. The lowest BCUT2D eigenvalue weighted by Crippen LogP contribution is -2.37. The zero-order valence-corrected chi connectivity index (χ0v) is 9.07. The van der Waals surface area contributed by atoms with Crippen LogP contribution in [0.3, 0.4) is 0 Å². The average Bonchev–Trinajstić information content (AvgIpc) is 2.76. The van der Waals surface area contributed by atoms with E-state index in [1.165, 1.54) is 12.1 Å². The lowest BCUT2D eigenvalue weighted by molar-refractivity contribution is 0.0892. The Morgan fingerprint density at radius 2 is 2.31 bits per heavy atom. The molecule has 2 unspecified atom stereocenters. The van der Waals surface area contributed by atoms with Crippen LogP contribution in [0.5, 0.6) is 0 Å². The first-order valence-electron chi connectivity index (χ1n) is 5.27. The molecule has 0 saturated carbocycles. The van der Waals surface area contributed by atoms with Crippen molar-refractivity contribution in [3.8, 4) is 0 Å². The number of carbonyl (C=O) groups is 1. The Morgan fingerprint density at radius 3 is 3.00 bits per heavy atom. The molecule has 1 aromatic rings. The van der Waals surface area contributed by atoms with Crippen LogP contribution in [0, 0.1) is 11.7 Å². The van der Waals surface area contributed by atoms with Crippen molar-refractivity contribution in [2.24, 2.45) is 5.92 Å². The summed E-state index contributed by atoms with van der Waals surface area (Å²) in [5, 5.41) is 3.04. The molecule has 16 heavy (non-hydrogen) atoms. The van der Waals surface area contributed by atoms with Crippen LogP contribution in [-0.4, -0.2) is 32.1 Å². The zero-order chi connectivity index (χ0) is 11.5. The van der Waals surface area contributed by atoms with Gasteiger partial charge in [-0.15, -0.1) is 0 Å². The van der Waals surface area contributed by atoms with E-state index in [1.807, 2.05) is 0 Å². The smallest absolute Gasteiger partial charge is 0.170 e. The molecular formula is C12H14FNO2. The van der Waals surface area contributed by atoms with E-state index in [-0.39, 0.29) is 23.6 Å². The summed E-state index contributed by atoms with van der Waals surface area (Å²) in [6, 6.07) is 5.81. The highest BCUT2D eigenvalue weighted by atomic mass is 19.1.